The van der Waals surface area contributed by atoms with E-state index in [9.17, 15) is 4.79 Å². The highest BCUT2D eigenvalue weighted by atomic mass is 16.5. The quantitative estimate of drug-likeness (QED) is 0.193. The van der Waals surface area contributed by atoms with Crippen molar-refractivity contribution in [1.82, 2.24) is 5.01 Å². The molecule has 2 aliphatic heterocycles. The lowest BCUT2D eigenvalue weighted by molar-refractivity contribution is -0.0190. The van der Waals surface area contributed by atoms with Gasteiger partial charge in [-0.1, -0.05) is 78.9 Å². The molecule has 0 amide bonds. The Kier molecular flexibility index (Phi) is 5.40. The molecule has 2 heterocycles. The molecule has 0 radical (unpaired) electrons. The minimum Gasteiger partial charge on any atom is -0.464 e. The van der Waals surface area contributed by atoms with Gasteiger partial charge in [0.25, 0.3) is 0 Å². The van der Waals surface area contributed by atoms with E-state index in [0.717, 1.165) is 34.6 Å². The number of fused-ring (bicyclic) bond motifs is 4. The van der Waals surface area contributed by atoms with E-state index in [1.54, 1.807) is 24.3 Å². The average molecular weight is 497 g/mol. The molecule has 2 aliphatic rings. The zero-order valence-corrected chi connectivity index (χ0v) is 20.5. The van der Waals surface area contributed by atoms with Crippen molar-refractivity contribution in [1.29, 1.82) is 0 Å². The third-order valence-electron chi connectivity index (χ3n) is 7.18. The molecule has 0 saturated carbocycles. The number of ether oxygens (including phenoxy) is 2. The number of carbonyl (C=O) groups excluding carboxylic acids is 1. The Labute approximate surface area is 220 Å². The third-order valence-corrected chi connectivity index (χ3v) is 7.18. The van der Waals surface area contributed by atoms with Crippen LogP contribution in [0.25, 0.3) is 10.8 Å². The number of carbonyl (C=O) groups is 1. The fraction of sp³-hybridized carbons (Fsp3) is 0.0909. The molecule has 2 atom stereocenters. The summed E-state index contributed by atoms with van der Waals surface area (Å²) in [5, 5.41) is 9.61. The standard InChI is InChI=1S/C33H24N2O3/c36-33(24-10-2-1-3-11-24)37-25-19-17-23(18-20-25)32-35-30(28-14-6-7-16-31(28)38-32)21-29(34-35)27-15-8-12-22-9-4-5-13-26(22)27/h1-20,30,32H,21H2/t30-,32-/m1/s1. The van der Waals surface area contributed by atoms with E-state index >= 15 is 0 Å². The Morgan fingerprint density at radius 1 is 0.789 bits per heavy atom. The summed E-state index contributed by atoms with van der Waals surface area (Å²) in [6.45, 7) is 0. The van der Waals surface area contributed by atoms with Gasteiger partial charge in [-0.2, -0.15) is 5.10 Å². The Balaban J connectivity index is 1.22. The monoisotopic (exact) mass is 496 g/mol. The zero-order chi connectivity index (χ0) is 25.5. The molecule has 0 bridgehead atoms. The summed E-state index contributed by atoms with van der Waals surface area (Å²) < 4.78 is 12.1. The summed E-state index contributed by atoms with van der Waals surface area (Å²) in [5.74, 6) is 0.967. The number of hydrogen-bond acceptors (Lipinski definition) is 5. The first kappa shape index (κ1) is 22.3. The molecular weight excluding hydrogens is 472 g/mol. The minimum absolute atomic E-state index is 0.0644. The highest BCUT2D eigenvalue weighted by Crippen LogP contribution is 2.47. The molecule has 0 spiro atoms. The zero-order valence-electron chi connectivity index (χ0n) is 20.5. The van der Waals surface area contributed by atoms with Gasteiger partial charge in [0.05, 0.1) is 17.3 Å². The molecule has 5 heteroatoms. The van der Waals surface area contributed by atoms with Gasteiger partial charge in [0.15, 0.2) is 0 Å². The number of benzene rings is 5. The Hall–Kier alpha value is -4.90. The molecule has 0 aliphatic carbocycles. The molecule has 0 unspecified atom stereocenters. The first-order valence-corrected chi connectivity index (χ1v) is 12.7. The fourth-order valence-electron chi connectivity index (χ4n) is 5.33. The number of hydrazone groups is 1. The van der Waals surface area contributed by atoms with Crippen LogP contribution in [0.4, 0.5) is 0 Å². The maximum absolute atomic E-state index is 12.5. The van der Waals surface area contributed by atoms with Crippen molar-refractivity contribution >= 4 is 22.5 Å². The summed E-state index contributed by atoms with van der Waals surface area (Å²) >= 11 is 0. The second kappa shape index (κ2) is 9.20. The number of nitrogens with zero attached hydrogens (tertiary/aromatic N) is 2. The van der Waals surface area contributed by atoms with Gasteiger partial charge in [-0.05, 0) is 53.2 Å². The van der Waals surface area contributed by atoms with E-state index in [0.29, 0.717) is 11.3 Å². The summed E-state index contributed by atoms with van der Waals surface area (Å²) in [7, 11) is 0. The van der Waals surface area contributed by atoms with Gasteiger partial charge in [-0.3, -0.25) is 0 Å². The van der Waals surface area contributed by atoms with Crippen LogP contribution in [0.1, 0.15) is 45.7 Å². The number of para-hydroxylation sites is 1. The maximum atomic E-state index is 12.5. The molecule has 0 N–H and O–H groups in total. The van der Waals surface area contributed by atoms with Crippen LogP contribution in [-0.4, -0.2) is 16.7 Å². The lowest BCUT2D eigenvalue weighted by atomic mass is 9.93. The second-order valence-corrected chi connectivity index (χ2v) is 9.51. The third kappa shape index (κ3) is 3.89. The molecule has 5 aromatic carbocycles. The molecule has 0 aromatic heterocycles. The predicted molar refractivity (Wildman–Crippen MR) is 147 cm³/mol. The molecule has 7 rings (SSSR count). The molecule has 0 fully saturated rings. The molecule has 5 aromatic rings. The topological polar surface area (TPSA) is 51.1 Å². The summed E-state index contributed by atoms with van der Waals surface area (Å²) in [6.07, 6.45) is 0.388. The van der Waals surface area contributed by atoms with Crippen LogP contribution in [0.5, 0.6) is 11.5 Å². The largest absolute Gasteiger partial charge is 0.464 e. The van der Waals surface area contributed by atoms with Gasteiger partial charge in [0.1, 0.15) is 11.5 Å². The van der Waals surface area contributed by atoms with Crippen LogP contribution >= 0.6 is 0 Å². The second-order valence-electron chi connectivity index (χ2n) is 9.51. The fourth-order valence-corrected chi connectivity index (χ4v) is 5.33. The van der Waals surface area contributed by atoms with Gasteiger partial charge in [-0.25, -0.2) is 9.80 Å². The van der Waals surface area contributed by atoms with Crippen LogP contribution in [0.2, 0.25) is 0 Å². The number of hydrogen-bond donors (Lipinski definition) is 0. The van der Waals surface area contributed by atoms with E-state index in [-0.39, 0.29) is 12.0 Å². The van der Waals surface area contributed by atoms with Crippen molar-refractivity contribution < 1.29 is 14.3 Å². The smallest absolute Gasteiger partial charge is 0.343 e. The lowest BCUT2D eigenvalue weighted by Crippen LogP contribution is -2.33. The first-order chi connectivity index (χ1) is 18.7. The minimum atomic E-state index is -0.402. The average Bonchev–Trinajstić information content (AvgIpc) is 3.43. The predicted octanol–water partition coefficient (Wildman–Crippen LogP) is 7.30. The molecule has 0 saturated heterocycles. The van der Waals surface area contributed by atoms with Crippen LogP contribution in [-0.2, 0) is 0 Å². The van der Waals surface area contributed by atoms with Crippen LogP contribution in [0, 0.1) is 0 Å². The highest BCUT2D eigenvalue weighted by Gasteiger charge is 2.41. The molecule has 5 nitrogen and oxygen atoms in total. The number of esters is 1. The van der Waals surface area contributed by atoms with Crippen molar-refractivity contribution in [3.05, 3.63) is 144 Å². The van der Waals surface area contributed by atoms with E-state index in [1.165, 1.54) is 10.8 Å². The van der Waals surface area contributed by atoms with E-state index in [4.69, 9.17) is 14.6 Å². The molecule has 38 heavy (non-hydrogen) atoms. The van der Waals surface area contributed by atoms with Crippen molar-refractivity contribution in [3.8, 4) is 11.5 Å². The number of rotatable bonds is 4. The van der Waals surface area contributed by atoms with E-state index in [2.05, 4.69) is 53.5 Å². The van der Waals surface area contributed by atoms with Crippen molar-refractivity contribution in [2.45, 2.75) is 18.7 Å². The van der Waals surface area contributed by atoms with Gasteiger partial charge in [0, 0.05) is 23.1 Å². The molecule has 184 valence electrons. The van der Waals surface area contributed by atoms with E-state index in [1.807, 2.05) is 48.5 Å². The van der Waals surface area contributed by atoms with Gasteiger partial charge in [0.2, 0.25) is 6.23 Å². The summed E-state index contributed by atoms with van der Waals surface area (Å²) in [6, 6.07) is 39.5. The van der Waals surface area contributed by atoms with Crippen molar-refractivity contribution in [2.24, 2.45) is 5.10 Å². The maximum Gasteiger partial charge on any atom is 0.343 e. The van der Waals surface area contributed by atoms with Crippen LogP contribution < -0.4 is 9.47 Å². The SMILES string of the molecule is O=C(Oc1ccc([C@H]2Oc3ccccc3[C@H]3CC(c4cccc5ccccc45)=NN32)cc1)c1ccccc1. The molecular formula is C33H24N2O3. The Morgan fingerprint density at radius 2 is 1.53 bits per heavy atom. The normalized spacial score (nSPS) is 17.8. The van der Waals surface area contributed by atoms with Gasteiger partial charge >= 0.3 is 5.97 Å². The van der Waals surface area contributed by atoms with Crippen LogP contribution in [0.15, 0.2) is 126 Å². The van der Waals surface area contributed by atoms with Gasteiger partial charge < -0.3 is 9.47 Å². The highest BCUT2D eigenvalue weighted by molar-refractivity contribution is 6.11. The van der Waals surface area contributed by atoms with Gasteiger partial charge in [-0.15, -0.1) is 0 Å². The Bertz CT molecular complexity index is 1670. The van der Waals surface area contributed by atoms with Crippen molar-refractivity contribution in [3.63, 3.8) is 0 Å². The summed E-state index contributed by atoms with van der Waals surface area (Å²) in [5.41, 5.74) is 4.78. The van der Waals surface area contributed by atoms with Crippen molar-refractivity contribution in [2.75, 3.05) is 0 Å². The summed E-state index contributed by atoms with van der Waals surface area (Å²) in [4.78, 5) is 12.5. The lowest BCUT2D eigenvalue weighted by Gasteiger charge is -2.38. The van der Waals surface area contributed by atoms with Crippen LogP contribution in [0.3, 0.4) is 0 Å². The Morgan fingerprint density at radius 3 is 2.39 bits per heavy atom. The van der Waals surface area contributed by atoms with E-state index < -0.39 is 6.23 Å². The first-order valence-electron chi connectivity index (χ1n) is 12.7.